The largest absolute Gasteiger partial charge is 0.342 e. The first kappa shape index (κ1) is 23.0. The highest BCUT2D eigenvalue weighted by Crippen LogP contribution is 2.31. The number of hydrogen-bond donors (Lipinski definition) is 0. The fraction of sp³-hybridized carbons (Fsp3) is 0.292. The summed E-state index contributed by atoms with van der Waals surface area (Å²) in [4.78, 5) is 32.7. The van der Waals surface area contributed by atoms with Crippen molar-refractivity contribution in [2.75, 3.05) is 25.0 Å². The number of piperidine rings is 1. The fourth-order valence-electron chi connectivity index (χ4n) is 3.87. The summed E-state index contributed by atoms with van der Waals surface area (Å²) in [6, 6.07) is 8.97. The molecular formula is C24H22F3N3O2S. The van der Waals surface area contributed by atoms with E-state index in [1.165, 1.54) is 36.6 Å². The molecule has 172 valence electrons. The second kappa shape index (κ2) is 9.74. The molecule has 0 N–H and O–H groups in total. The number of anilines is 1. The molecule has 1 aliphatic heterocycles. The van der Waals surface area contributed by atoms with Crippen LogP contribution < -0.4 is 4.90 Å². The molecule has 0 saturated carbocycles. The van der Waals surface area contributed by atoms with Crippen LogP contribution in [0.2, 0.25) is 0 Å². The average Bonchev–Trinajstić information content (AvgIpc) is 3.30. The summed E-state index contributed by atoms with van der Waals surface area (Å²) < 4.78 is 40.2. The number of hydrogen-bond acceptors (Lipinski definition) is 4. The molecule has 33 heavy (non-hydrogen) atoms. The summed E-state index contributed by atoms with van der Waals surface area (Å²) in [5, 5.41) is 2.44. The molecule has 0 aliphatic carbocycles. The Bertz CT molecular complexity index is 1160. The number of thiazole rings is 1. The van der Waals surface area contributed by atoms with Crippen LogP contribution in [0.5, 0.6) is 0 Å². The Labute approximate surface area is 193 Å². The van der Waals surface area contributed by atoms with Crippen molar-refractivity contribution in [1.29, 1.82) is 0 Å². The molecule has 2 aromatic carbocycles. The lowest BCUT2D eigenvalue weighted by Gasteiger charge is -2.31. The summed E-state index contributed by atoms with van der Waals surface area (Å²) in [7, 11) is 1.42. The van der Waals surface area contributed by atoms with E-state index in [1.54, 1.807) is 22.4 Å². The van der Waals surface area contributed by atoms with Gasteiger partial charge in [-0.2, -0.15) is 0 Å². The molecule has 3 aromatic rings. The first-order chi connectivity index (χ1) is 15.8. The summed E-state index contributed by atoms with van der Waals surface area (Å²) >= 11 is 1.37. The van der Waals surface area contributed by atoms with E-state index in [1.807, 2.05) is 0 Å². The summed E-state index contributed by atoms with van der Waals surface area (Å²) in [5.74, 6) is -2.22. The molecule has 0 unspecified atom stereocenters. The second-order valence-corrected chi connectivity index (χ2v) is 8.88. The Morgan fingerprint density at radius 2 is 1.73 bits per heavy atom. The van der Waals surface area contributed by atoms with Crippen LogP contribution in [0.3, 0.4) is 0 Å². The molecule has 0 bridgehead atoms. The topological polar surface area (TPSA) is 53.5 Å². The van der Waals surface area contributed by atoms with Crippen molar-refractivity contribution in [3.05, 3.63) is 81.6 Å². The Balaban J connectivity index is 1.35. The Kier molecular flexibility index (Phi) is 6.78. The summed E-state index contributed by atoms with van der Waals surface area (Å²) in [6.07, 6.45) is 1.67. The third-order valence-electron chi connectivity index (χ3n) is 5.78. The Morgan fingerprint density at radius 1 is 1.06 bits per heavy atom. The Hall–Kier alpha value is -3.20. The molecule has 1 aromatic heterocycles. The van der Waals surface area contributed by atoms with Gasteiger partial charge in [-0.1, -0.05) is 12.1 Å². The minimum absolute atomic E-state index is 0.00184. The van der Waals surface area contributed by atoms with Gasteiger partial charge < -0.3 is 9.80 Å². The van der Waals surface area contributed by atoms with E-state index < -0.39 is 17.5 Å². The number of rotatable bonds is 5. The lowest BCUT2D eigenvalue weighted by molar-refractivity contribution is -0.131. The predicted molar refractivity (Wildman–Crippen MR) is 120 cm³/mol. The van der Waals surface area contributed by atoms with Crippen LogP contribution >= 0.6 is 11.3 Å². The van der Waals surface area contributed by atoms with E-state index in [0.29, 0.717) is 13.1 Å². The van der Waals surface area contributed by atoms with Gasteiger partial charge in [-0.25, -0.2) is 18.2 Å². The number of carbonyl (C=O) groups is 2. The van der Waals surface area contributed by atoms with E-state index >= 15 is 0 Å². The predicted octanol–water partition coefficient (Wildman–Crippen LogP) is 4.79. The lowest BCUT2D eigenvalue weighted by atomic mass is 9.97. The van der Waals surface area contributed by atoms with Gasteiger partial charge in [0.15, 0.2) is 0 Å². The van der Waals surface area contributed by atoms with Crippen molar-refractivity contribution >= 4 is 28.8 Å². The van der Waals surface area contributed by atoms with Crippen molar-refractivity contribution in [2.24, 2.45) is 0 Å². The lowest BCUT2D eigenvalue weighted by Crippen LogP contribution is -2.38. The maximum absolute atomic E-state index is 14.0. The molecule has 0 spiro atoms. The van der Waals surface area contributed by atoms with Gasteiger partial charge in [0.2, 0.25) is 5.91 Å². The maximum Gasteiger partial charge on any atom is 0.277 e. The van der Waals surface area contributed by atoms with E-state index in [9.17, 15) is 22.8 Å². The molecular weight excluding hydrogens is 451 g/mol. The normalized spacial score (nSPS) is 14.4. The van der Waals surface area contributed by atoms with E-state index in [0.717, 1.165) is 40.4 Å². The molecule has 2 heterocycles. The highest BCUT2D eigenvalue weighted by atomic mass is 32.1. The van der Waals surface area contributed by atoms with Crippen molar-refractivity contribution in [3.63, 3.8) is 0 Å². The van der Waals surface area contributed by atoms with Crippen molar-refractivity contribution in [1.82, 2.24) is 9.88 Å². The zero-order valence-electron chi connectivity index (χ0n) is 17.9. The number of amides is 2. The molecule has 1 saturated heterocycles. The minimum atomic E-state index is -0.820. The minimum Gasteiger partial charge on any atom is -0.342 e. The molecule has 0 atom stereocenters. The van der Waals surface area contributed by atoms with Gasteiger partial charge in [-0.15, -0.1) is 11.3 Å². The summed E-state index contributed by atoms with van der Waals surface area (Å²) in [6.45, 7) is 1.16. The molecule has 1 aliphatic rings. The van der Waals surface area contributed by atoms with E-state index in [4.69, 9.17) is 0 Å². The number of carbonyl (C=O) groups excluding carboxylic acids is 2. The quantitative estimate of drug-likeness (QED) is 0.536. The maximum atomic E-state index is 14.0. The zero-order valence-corrected chi connectivity index (χ0v) is 18.7. The van der Waals surface area contributed by atoms with Crippen LogP contribution in [0, 0.1) is 17.5 Å². The summed E-state index contributed by atoms with van der Waals surface area (Å²) in [5.41, 5.74) is 0.952. The van der Waals surface area contributed by atoms with E-state index in [-0.39, 0.29) is 35.4 Å². The van der Waals surface area contributed by atoms with Crippen molar-refractivity contribution in [2.45, 2.75) is 25.2 Å². The van der Waals surface area contributed by atoms with Crippen LogP contribution in [-0.2, 0) is 11.2 Å². The number of benzene rings is 2. The second-order valence-electron chi connectivity index (χ2n) is 7.99. The molecule has 4 rings (SSSR count). The molecule has 5 nitrogen and oxygen atoms in total. The SMILES string of the molecule is CN(C(=O)c1csc(C2CCN(C(=O)Cc3ccc(F)cc3)CC2)n1)c1ccc(F)cc1F. The van der Waals surface area contributed by atoms with Gasteiger partial charge in [0.05, 0.1) is 17.1 Å². The van der Waals surface area contributed by atoms with Gasteiger partial charge in [-0.05, 0) is 42.7 Å². The van der Waals surface area contributed by atoms with Gasteiger partial charge >= 0.3 is 0 Å². The fourth-order valence-corrected chi connectivity index (χ4v) is 4.84. The monoisotopic (exact) mass is 473 g/mol. The Morgan fingerprint density at radius 3 is 2.39 bits per heavy atom. The molecule has 1 fully saturated rings. The van der Waals surface area contributed by atoms with Crippen LogP contribution in [0.4, 0.5) is 18.9 Å². The van der Waals surface area contributed by atoms with Gasteiger partial charge in [0.1, 0.15) is 23.1 Å². The smallest absolute Gasteiger partial charge is 0.277 e. The van der Waals surface area contributed by atoms with Crippen molar-refractivity contribution in [3.8, 4) is 0 Å². The first-order valence-electron chi connectivity index (χ1n) is 10.5. The van der Waals surface area contributed by atoms with Gasteiger partial charge in [0.25, 0.3) is 5.91 Å². The molecule has 2 amide bonds. The molecule has 0 radical (unpaired) electrons. The molecule has 9 heteroatoms. The highest BCUT2D eigenvalue weighted by Gasteiger charge is 2.27. The number of halogens is 3. The van der Waals surface area contributed by atoms with Gasteiger partial charge in [0, 0.05) is 37.5 Å². The van der Waals surface area contributed by atoms with Crippen LogP contribution in [0.25, 0.3) is 0 Å². The standard InChI is InChI=1S/C24H22F3N3O2S/c1-29(21-7-6-18(26)13-19(21)27)24(32)20-14-33-23(28-20)16-8-10-30(11-9-16)22(31)12-15-2-4-17(25)5-3-15/h2-7,13-14,16H,8-12H2,1H3. The third kappa shape index (κ3) is 5.24. The number of aromatic nitrogens is 1. The van der Waals surface area contributed by atoms with Crippen LogP contribution in [0.1, 0.15) is 39.8 Å². The van der Waals surface area contributed by atoms with Crippen molar-refractivity contribution < 1.29 is 22.8 Å². The highest BCUT2D eigenvalue weighted by molar-refractivity contribution is 7.10. The van der Waals surface area contributed by atoms with Crippen LogP contribution in [-0.4, -0.2) is 41.8 Å². The first-order valence-corrected chi connectivity index (χ1v) is 11.4. The van der Waals surface area contributed by atoms with Crippen LogP contribution in [0.15, 0.2) is 47.8 Å². The van der Waals surface area contributed by atoms with E-state index in [2.05, 4.69) is 4.98 Å². The number of likely N-dealkylation sites (tertiary alicyclic amines) is 1. The van der Waals surface area contributed by atoms with Gasteiger partial charge in [-0.3, -0.25) is 9.59 Å². The third-order valence-corrected chi connectivity index (χ3v) is 6.79. The number of nitrogens with zero attached hydrogens (tertiary/aromatic N) is 3. The average molecular weight is 474 g/mol. The zero-order chi connectivity index (χ0) is 23.5.